The summed E-state index contributed by atoms with van der Waals surface area (Å²) in [4.78, 5) is 35.3. The molecule has 198 valence electrons. The van der Waals surface area contributed by atoms with E-state index in [9.17, 15) is 9.59 Å². The number of benzene rings is 4. The van der Waals surface area contributed by atoms with Crippen LogP contribution in [0, 0.1) is 0 Å². The van der Waals surface area contributed by atoms with Gasteiger partial charge in [0.15, 0.2) is 16.8 Å². The summed E-state index contributed by atoms with van der Waals surface area (Å²) >= 11 is 13.3. The van der Waals surface area contributed by atoms with Gasteiger partial charge in [-0.15, -0.1) is 11.3 Å². The van der Waals surface area contributed by atoms with Crippen LogP contribution in [0.3, 0.4) is 0 Å². The second-order valence-electron chi connectivity index (χ2n) is 8.90. The number of nitrogens with zero attached hydrogens (tertiary/aromatic N) is 2. The van der Waals surface area contributed by atoms with E-state index in [0.29, 0.717) is 54.4 Å². The number of carbonyl (C=O) groups excluding carboxylic acids is 2. The molecular formula is C30H19Cl2N3O4S. The molecule has 2 heterocycles. The van der Waals surface area contributed by atoms with Crippen LogP contribution < -0.4 is 5.32 Å². The van der Waals surface area contributed by atoms with Crippen LogP contribution in [0.5, 0.6) is 0 Å². The molecule has 0 saturated carbocycles. The number of hydrogen-bond donors (Lipinski definition) is 1. The molecule has 10 heteroatoms. The summed E-state index contributed by atoms with van der Waals surface area (Å²) in [7, 11) is 0. The lowest BCUT2D eigenvalue weighted by molar-refractivity contribution is -0.123. The van der Waals surface area contributed by atoms with Crippen molar-refractivity contribution >= 4 is 73.4 Å². The second-order valence-corrected chi connectivity index (χ2v) is 10.6. The summed E-state index contributed by atoms with van der Waals surface area (Å²) in [6, 6.07) is 23.5. The summed E-state index contributed by atoms with van der Waals surface area (Å²) < 4.78 is 11.6. The van der Waals surface area contributed by atoms with Gasteiger partial charge in [0.1, 0.15) is 5.52 Å². The Hall–Kier alpha value is -4.24. The largest absolute Gasteiger partial charge is 0.449 e. The Morgan fingerprint density at radius 1 is 0.950 bits per heavy atom. The number of esters is 1. The maximum absolute atomic E-state index is 13.3. The van der Waals surface area contributed by atoms with E-state index in [1.165, 1.54) is 18.3 Å². The molecule has 0 saturated heterocycles. The number of para-hydroxylation sites is 2. The van der Waals surface area contributed by atoms with Crippen LogP contribution in [0.2, 0.25) is 10.0 Å². The van der Waals surface area contributed by atoms with Gasteiger partial charge in [0, 0.05) is 21.9 Å². The van der Waals surface area contributed by atoms with Crippen LogP contribution in [0.25, 0.3) is 44.6 Å². The van der Waals surface area contributed by atoms with Crippen molar-refractivity contribution in [3.8, 4) is 22.7 Å². The van der Waals surface area contributed by atoms with Gasteiger partial charge in [-0.2, -0.15) is 0 Å². The van der Waals surface area contributed by atoms with Gasteiger partial charge in [0.25, 0.3) is 5.91 Å². The molecule has 4 aromatic carbocycles. The highest BCUT2D eigenvalue weighted by atomic mass is 35.5. The normalized spacial score (nSPS) is 12.0. The van der Waals surface area contributed by atoms with Gasteiger partial charge in [-0.3, -0.25) is 10.1 Å². The highest BCUT2D eigenvalue weighted by Gasteiger charge is 2.23. The van der Waals surface area contributed by atoms with Crippen molar-refractivity contribution in [2.24, 2.45) is 0 Å². The van der Waals surface area contributed by atoms with E-state index < -0.39 is 18.0 Å². The SMILES string of the molecule is CC(OC(=O)c1cccc2cccc(-c3nc4ccccc4o3)c12)C(=O)Nc1nc(-c2ccc(Cl)c(Cl)c2)cs1. The van der Waals surface area contributed by atoms with Crippen molar-refractivity contribution in [2.75, 3.05) is 5.32 Å². The van der Waals surface area contributed by atoms with Gasteiger partial charge in [0.05, 0.1) is 21.3 Å². The fourth-order valence-corrected chi connectivity index (χ4v) is 5.30. The van der Waals surface area contributed by atoms with Crippen LogP contribution in [-0.4, -0.2) is 27.9 Å². The van der Waals surface area contributed by atoms with Crippen LogP contribution in [0.1, 0.15) is 17.3 Å². The Balaban J connectivity index is 1.22. The van der Waals surface area contributed by atoms with Crippen molar-refractivity contribution in [3.63, 3.8) is 0 Å². The van der Waals surface area contributed by atoms with Gasteiger partial charge in [-0.1, -0.05) is 65.7 Å². The van der Waals surface area contributed by atoms with Gasteiger partial charge < -0.3 is 9.15 Å². The van der Waals surface area contributed by atoms with Gasteiger partial charge >= 0.3 is 5.97 Å². The highest BCUT2D eigenvalue weighted by Crippen LogP contribution is 2.34. The fraction of sp³-hybridized carbons (Fsp3) is 0.0667. The molecule has 7 nitrogen and oxygen atoms in total. The number of thiazole rings is 1. The van der Waals surface area contributed by atoms with E-state index in [0.717, 1.165) is 10.9 Å². The van der Waals surface area contributed by atoms with Crippen molar-refractivity contribution in [2.45, 2.75) is 13.0 Å². The van der Waals surface area contributed by atoms with Crippen molar-refractivity contribution in [1.29, 1.82) is 0 Å². The first-order valence-corrected chi connectivity index (χ1v) is 13.8. The highest BCUT2D eigenvalue weighted by molar-refractivity contribution is 7.14. The molecular weight excluding hydrogens is 569 g/mol. The average Bonchev–Trinajstić information content (AvgIpc) is 3.61. The average molecular weight is 588 g/mol. The third kappa shape index (κ3) is 5.04. The fourth-order valence-electron chi connectivity index (χ4n) is 4.28. The molecule has 0 bridgehead atoms. The van der Waals surface area contributed by atoms with Crippen LogP contribution >= 0.6 is 34.5 Å². The van der Waals surface area contributed by atoms with Crippen LogP contribution in [-0.2, 0) is 9.53 Å². The monoisotopic (exact) mass is 587 g/mol. The molecule has 6 rings (SSSR count). The molecule has 1 amide bonds. The van der Waals surface area contributed by atoms with Gasteiger partial charge in [0.2, 0.25) is 5.89 Å². The Morgan fingerprint density at radius 3 is 2.55 bits per heavy atom. The quantitative estimate of drug-likeness (QED) is 0.197. The summed E-state index contributed by atoms with van der Waals surface area (Å²) in [6.07, 6.45) is -1.09. The van der Waals surface area contributed by atoms with Crippen molar-refractivity contribution in [1.82, 2.24) is 9.97 Å². The first kappa shape index (κ1) is 26.0. The standard InChI is InChI=1S/C30H19Cl2N3O4S/c1-16(27(36)35-30-34-24(15-40-30)18-12-13-21(31)22(32)14-18)38-29(37)20-9-5-7-17-6-4-8-19(26(17)20)28-33-23-10-2-3-11-25(23)39-28/h2-16H,1H3,(H,34,35,36). The zero-order valence-corrected chi connectivity index (χ0v) is 23.2. The maximum Gasteiger partial charge on any atom is 0.339 e. The summed E-state index contributed by atoms with van der Waals surface area (Å²) in [5, 5.41) is 7.14. The summed E-state index contributed by atoms with van der Waals surface area (Å²) in [5.41, 5.74) is 3.69. The number of fused-ring (bicyclic) bond motifs is 2. The third-order valence-corrected chi connectivity index (χ3v) is 7.75. The molecule has 0 aliphatic rings. The predicted molar refractivity (Wildman–Crippen MR) is 158 cm³/mol. The minimum absolute atomic E-state index is 0.297. The first-order chi connectivity index (χ1) is 19.4. The predicted octanol–water partition coefficient (Wildman–Crippen LogP) is 8.26. The van der Waals surface area contributed by atoms with E-state index in [1.807, 2.05) is 48.5 Å². The molecule has 40 heavy (non-hydrogen) atoms. The summed E-state index contributed by atoms with van der Waals surface area (Å²) in [6.45, 7) is 1.51. The maximum atomic E-state index is 13.3. The minimum atomic E-state index is -1.09. The number of halogens is 2. The molecule has 2 aromatic heterocycles. The van der Waals surface area contributed by atoms with Crippen LogP contribution in [0.4, 0.5) is 5.13 Å². The Bertz CT molecular complexity index is 1880. The number of ether oxygens (including phenoxy) is 1. The summed E-state index contributed by atoms with van der Waals surface area (Å²) in [5.74, 6) is -0.769. The number of oxazole rings is 1. The van der Waals surface area contributed by atoms with E-state index in [1.54, 1.807) is 35.7 Å². The van der Waals surface area contributed by atoms with Gasteiger partial charge in [-0.05, 0) is 48.7 Å². The van der Waals surface area contributed by atoms with E-state index in [2.05, 4.69) is 15.3 Å². The Morgan fingerprint density at radius 2 is 1.75 bits per heavy atom. The molecule has 1 N–H and O–H groups in total. The molecule has 0 spiro atoms. The number of rotatable bonds is 6. The number of aromatic nitrogens is 2. The van der Waals surface area contributed by atoms with E-state index >= 15 is 0 Å². The number of nitrogens with one attached hydrogen (secondary N) is 1. The molecule has 0 fully saturated rings. The number of anilines is 1. The number of amides is 1. The topological polar surface area (TPSA) is 94.3 Å². The van der Waals surface area contributed by atoms with E-state index in [4.69, 9.17) is 32.4 Å². The zero-order chi connectivity index (χ0) is 27.8. The third-order valence-electron chi connectivity index (χ3n) is 6.25. The molecule has 0 radical (unpaired) electrons. The molecule has 0 aliphatic carbocycles. The molecule has 1 atom stereocenters. The smallest absolute Gasteiger partial charge is 0.339 e. The Labute approximate surface area is 242 Å². The van der Waals surface area contributed by atoms with Crippen LogP contribution in [0.15, 0.2) is 88.7 Å². The molecule has 1 unspecified atom stereocenters. The van der Waals surface area contributed by atoms with E-state index in [-0.39, 0.29) is 0 Å². The first-order valence-electron chi connectivity index (χ1n) is 12.2. The number of hydrogen-bond acceptors (Lipinski definition) is 7. The second kappa shape index (κ2) is 10.7. The molecule has 6 aromatic rings. The van der Waals surface area contributed by atoms with Gasteiger partial charge in [-0.25, -0.2) is 14.8 Å². The minimum Gasteiger partial charge on any atom is -0.449 e. The molecule has 0 aliphatic heterocycles. The van der Waals surface area contributed by atoms with Crippen molar-refractivity contribution < 1.29 is 18.7 Å². The lowest BCUT2D eigenvalue weighted by Gasteiger charge is -2.14. The zero-order valence-electron chi connectivity index (χ0n) is 20.9. The lowest BCUT2D eigenvalue weighted by Crippen LogP contribution is -2.30. The number of carbonyl (C=O) groups is 2. The van der Waals surface area contributed by atoms with Crippen molar-refractivity contribution in [3.05, 3.63) is 99.9 Å². The Kier molecular flexibility index (Phi) is 6.98. The lowest BCUT2D eigenvalue weighted by atomic mass is 9.99.